The predicted octanol–water partition coefficient (Wildman–Crippen LogP) is 0.452. The van der Waals surface area contributed by atoms with E-state index in [2.05, 4.69) is 15.5 Å². The summed E-state index contributed by atoms with van der Waals surface area (Å²) in [6, 6.07) is 5.96. The van der Waals surface area contributed by atoms with Gasteiger partial charge in [0, 0.05) is 39.3 Å². The van der Waals surface area contributed by atoms with Crippen LogP contribution < -0.4 is 10.6 Å². The molecule has 0 saturated carbocycles. The predicted molar refractivity (Wildman–Crippen MR) is 92.8 cm³/mol. The van der Waals surface area contributed by atoms with Gasteiger partial charge in [-0.3, -0.25) is 14.5 Å². The summed E-state index contributed by atoms with van der Waals surface area (Å²) in [5, 5.41) is 6.00. The number of benzene rings is 1. The second-order valence-electron chi connectivity index (χ2n) is 6.55. The molecule has 2 aliphatic heterocycles. The quantitative estimate of drug-likeness (QED) is 0.811. The maximum absolute atomic E-state index is 13.6. The third-order valence-electron chi connectivity index (χ3n) is 4.87. The van der Waals surface area contributed by atoms with Gasteiger partial charge in [-0.15, -0.1) is 0 Å². The maximum atomic E-state index is 13.6. The van der Waals surface area contributed by atoms with Gasteiger partial charge in [0.2, 0.25) is 5.91 Å². The van der Waals surface area contributed by atoms with E-state index in [4.69, 9.17) is 0 Å². The number of carbonyl (C=O) groups is 2. The Hall–Kier alpha value is -1.99. The minimum Gasteiger partial charge on any atom is -0.351 e. The summed E-state index contributed by atoms with van der Waals surface area (Å²) in [7, 11) is 0. The Balaban J connectivity index is 1.37. The molecule has 0 spiro atoms. The zero-order valence-electron chi connectivity index (χ0n) is 14.3. The van der Waals surface area contributed by atoms with Crippen molar-refractivity contribution >= 4 is 11.8 Å². The van der Waals surface area contributed by atoms with Crippen LogP contribution in [0.15, 0.2) is 24.3 Å². The summed E-state index contributed by atoms with van der Waals surface area (Å²) in [6.45, 7) is 5.13. The van der Waals surface area contributed by atoms with E-state index in [1.165, 1.54) is 12.1 Å². The molecule has 3 rings (SSSR count). The van der Waals surface area contributed by atoms with Crippen LogP contribution in [0.1, 0.15) is 23.2 Å². The van der Waals surface area contributed by atoms with Gasteiger partial charge in [-0.25, -0.2) is 4.39 Å². The Bertz CT molecular complexity index is 611. The van der Waals surface area contributed by atoms with Crippen molar-refractivity contribution in [2.75, 3.05) is 45.8 Å². The lowest BCUT2D eigenvalue weighted by molar-refractivity contribution is -0.134. The molecule has 2 aliphatic rings. The maximum Gasteiger partial charge on any atom is 0.254 e. The minimum absolute atomic E-state index is 0.00777. The van der Waals surface area contributed by atoms with Crippen LogP contribution in [-0.2, 0) is 4.79 Å². The van der Waals surface area contributed by atoms with Gasteiger partial charge in [-0.1, -0.05) is 12.1 Å². The van der Waals surface area contributed by atoms with Crippen LogP contribution in [0.25, 0.3) is 0 Å². The molecule has 2 heterocycles. The van der Waals surface area contributed by atoms with E-state index < -0.39 is 5.82 Å². The Labute approximate surface area is 147 Å². The van der Waals surface area contributed by atoms with E-state index in [1.54, 1.807) is 12.1 Å². The topological polar surface area (TPSA) is 64.7 Å². The lowest BCUT2D eigenvalue weighted by Crippen LogP contribution is -2.53. The molecule has 2 amide bonds. The van der Waals surface area contributed by atoms with Crippen LogP contribution >= 0.6 is 0 Å². The molecule has 2 N–H and O–H groups in total. The average molecular weight is 348 g/mol. The molecule has 0 unspecified atom stereocenters. The summed E-state index contributed by atoms with van der Waals surface area (Å²) in [4.78, 5) is 28.5. The third-order valence-corrected chi connectivity index (χ3v) is 4.87. The highest BCUT2D eigenvalue weighted by Gasteiger charge is 2.29. The van der Waals surface area contributed by atoms with E-state index in [1.807, 2.05) is 4.90 Å². The van der Waals surface area contributed by atoms with Crippen LogP contribution in [0.2, 0.25) is 0 Å². The highest BCUT2D eigenvalue weighted by atomic mass is 19.1. The fourth-order valence-corrected chi connectivity index (χ4v) is 3.38. The van der Waals surface area contributed by atoms with Crippen molar-refractivity contribution in [1.29, 1.82) is 0 Å². The molecule has 7 heteroatoms. The molecular weight excluding hydrogens is 323 g/mol. The number of rotatable bonds is 5. The Morgan fingerprint density at radius 2 is 1.96 bits per heavy atom. The van der Waals surface area contributed by atoms with Crippen LogP contribution in [-0.4, -0.2) is 73.5 Å². The van der Waals surface area contributed by atoms with Crippen LogP contribution in [0.4, 0.5) is 4.39 Å². The second kappa shape index (κ2) is 8.40. The molecule has 1 atom stereocenters. The number of nitrogens with one attached hydrogen (secondary N) is 2. The summed E-state index contributed by atoms with van der Waals surface area (Å²) >= 11 is 0. The van der Waals surface area contributed by atoms with E-state index in [9.17, 15) is 14.0 Å². The first-order valence-electron chi connectivity index (χ1n) is 8.92. The standard InChI is InChI=1S/C18H25FN4O2/c19-15-5-2-1-4-14(15)17(24)21-8-9-22-10-12-23(13-11-22)18(25)16-6-3-7-20-16/h1-2,4-5,16,20H,3,6-13H2,(H,21,24)/t16-/m0/s1. The molecule has 2 saturated heterocycles. The zero-order chi connectivity index (χ0) is 17.6. The highest BCUT2D eigenvalue weighted by Crippen LogP contribution is 2.11. The smallest absolute Gasteiger partial charge is 0.254 e. The van der Waals surface area contributed by atoms with Gasteiger partial charge in [-0.05, 0) is 31.5 Å². The molecule has 0 radical (unpaired) electrons. The Morgan fingerprint density at radius 1 is 1.20 bits per heavy atom. The normalized spacial score (nSPS) is 21.3. The van der Waals surface area contributed by atoms with Gasteiger partial charge in [0.1, 0.15) is 5.82 Å². The van der Waals surface area contributed by atoms with Crippen LogP contribution in [0.5, 0.6) is 0 Å². The van der Waals surface area contributed by atoms with Crippen molar-refractivity contribution in [1.82, 2.24) is 20.4 Å². The number of amides is 2. The summed E-state index contributed by atoms with van der Waals surface area (Å²) in [6.07, 6.45) is 2.00. The van der Waals surface area contributed by atoms with Gasteiger partial charge in [0.05, 0.1) is 11.6 Å². The van der Waals surface area contributed by atoms with Crippen molar-refractivity contribution in [2.45, 2.75) is 18.9 Å². The van der Waals surface area contributed by atoms with Gasteiger partial charge in [-0.2, -0.15) is 0 Å². The SMILES string of the molecule is O=C(NCCN1CCN(C(=O)[C@@H]2CCCN2)CC1)c1ccccc1F. The molecule has 0 aliphatic carbocycles. The van der Waals surface area contributed by atoms with Crippen molar-refractivity contribution in [3.8, 4) is 0 Å². The molecule has 25 heavy (non-hydrogen) atoms. The monoisotopic (exact) mass is 348 g/mol. The number of piperazine rings is 1. The molecular formula is C18H25FN4O2. The second-order valence-corrected chi connectivity index (χ2v) is 6.55. The summed E-state index contributed by atoms with van der Waals surface area (Å²) in [5.74, 6) is -0.683. The van der Waals surface area contributed by atoms with Gasteiger partial charge in [0.15, 0.2) is 0 Å². The molecule has 6 nitrogen and oxygen atoms in total. The average Bonchev–Trinajstić information content (AvgIpc) is 3.16. The van der Waals surface area contributed by atoms with Crippen LogP contribution in [0.3, 0.4) is 0 Å². The third kappa shape index (κ3) is 4.55. The fraction of sp³-hybridized carbons (Fsp3) is 0.556. The summed E-state index contributed by atoms with van der Waals surface area (Å²) in [5.41, 5.74) is 0.0713. The molecule has 1 aromatic carbocycles. The van der Waals surface area contributed by atoms with E-state index in [0.29, 0.717) is 13.1 Å². The van der Waals surface area contributed by atoms with Crippen molar-refractivity contribution < 1.29 is 14.0 Å². The Kier molecular flexibility index (Phi) is 5.99. The molecule has 1 aromatic rings. The number of nitrogens with zero attached hydrogens (tertiary/aromatic N) is 2. The fourth-order valence-electron chi connectivity index (χ4n) is 3.38. The first kappa shape index (κ1) is 17.8. The Morgan fingerprint density at radius 3 is 2.64 bits per heavy atom. The van der Waals surface area contributed by atoms with Gasteiger partial charge < -0.3 is 15.5 Å². The van der Waals surface area contributed by atoms with Crippen molar-refractivity contribution in [2.24, 2.45) is 0 Å². The first-order valence-corrected chi connectivity index (χ1v) is 8.92. The number of hydrogen-bond acceptors (Lipinski definition) is 4. The van der Waals surface area contributed by atoms with E-state index >= 15 is 0 Å². The summed E-state index contributed by atoms with van der Waals surface area (Å²) < 4.78 is 13.6. The lowest BCUT2D eigenvalue weighted by Gasteiger charge is -2.36. The highest BCUT2D eigenvalue weighted by molar-refractivity contribution is 5.94. The number of hydrogen-bond donors (Lipinski definition) is 2. The lowest BCUT2D eigenvalue weighted by atomic mass is 10.2. The first-order chi connectivity index (χ1) is 12.1. The van der Waals surface area contributed by atoms with E-state index in [-0.39, 0.29) is 23.4 Å². The number of halogens is 1. The largest absolute Gasteiger partial charge is 0.351 e. The molecule has 2 fully saturated rings. The van der Waals surface area contributed by atoms with Gasteiger partial charge >= 0.3 is 0 Å². The number of carbonyl (C=O) groups excluding carboxylic acids is 2. The zero-order valence-corrected chi connectivity index (χ0v) is 14.3. The molecule has 0 bridgehead atoms. The van der Waals surface area contributed by atoms with Crippen molar-refractivity contribution in [3.05, 3.63) is 35.6 Å². The van der Waals surface area contributed by atoms with Crippen LogP contribution in [0, 0.1) is 5.82 Å². The van der Waals surface area contributed by atoms with Crippen molar-refractivity contribution in [3.63, 3.8) is 0 Å². The van der Waals surface area contributed by atoms with E-state index in [0.717, 1.165) is 45.6 Å². The van der Waals surface area contributed by atoms with Gasteiger partial charge in [0.25, 0.3) is 5.91 Å². The molecule has 136 valence electrons. The molecule has 0 aromatic heterocycles. The minimum atomic E-state index is -0.507.